The molecule has 2 aromatic rings. The molecule has 0 radical (unpaired) electrons. The Morgan fingerprint density at radius 1 is 1.21 bits per heavy atom. The monoisotopic (exact) mass is 256 g/mol. The summed E-state index contributed by atoms with van der Waals surface area (Å²) in [6.07, 6.45) is 2.45. The minimum Gasteiger partial charge on any atom is -0.337 e. The Labute approximate surface area is 112 Å². The predicted octanol–water partition coefficient (Wildman–Crippen LogP) is 2.15. The SMILES string of the molecule is Cc1cccc(NC(=O)NCCc2ccccn2)n1. The molecule has 0 bridgehead atoms. The van der Waals surface area contributed by atoms with E-state index in [4.69, 9.17) is 0 Å². The van der Waals surface area contributed by atoms with Gasteiger partial charge in [-0.1, -0.05) is 12.1 Å². The first-order chi connectivity index (χ1) is 9.24. The van der Waals surface area contributed by atoms with Crippen LogP contribution in [0.1, 0.15) is 11.4 Å². The van der Waals surface area contributed by atoms with E-state index in [0.29, 0.717) is 18.8 Å². The van der Waals surface area contributed by atoms with E-state index in [0.717, 1.165) is 11.4 Å². The van der Waals surface area contributed by atoms with Crippen molar-refractivity contribution in [3.63, 3.8) is 0 Å². The zero-order valence-corrected chi connectivity index (χ0v) is 10.8. The number of amides is 2. The number of aryl methyl sites for hydroxylation is 1. The molecule has 5 nitrogen and oxygen atoms in total. The van der Waals surface area contributed by atoms with Crippen LogP contribution in [0.25, 0.3) is 0 Å². The molecule has 2 rings (SSSR count). The fourth-order valence-electron chi connectivity index (χ4n) is 1.62. The van der Waals surface area contributed by atoms with Crippen LogP contribution >= 0.6 is 0 Å². The maximum Gasteiger partial charge on any atom is 0.320 e. The fraction of sp³-hybridized carbons (Fsp3) is 0.214. The number of nitrogens with one attached hydrogen (secondary N) is 2. The number of rotatable bonds is 4. The molecule has 2 N–H and O–H groups in total. The lowest BCUT2D eigenvalue weighted by atomic mass is 10.3. The first kappa shape index (κ1) is 13.0. The highest BCUT2D eigenvalue weighted by atomic mass is 16.2. The summed E-state index contributed by atoms with van der Waals surface area (Å²) in [5.41, 5.74) is 1.82. The van der Waals surface area contributed by atoms with Gasteiger partial charge in [0.15, 0.2) is 0 Å². The zero-order valence-electron chi connectivity index (χ0n) is 10.8. The Morgan fingerprint density at radius 2 is 2.11 bits per heavy atom. The van der Waals surface area contributed by atoms with Crippen LogP contribution in [0.3, 0.4) is 0 Å². The van der Waals surface area contributed by atoms with Gasteiger partial charge in [0.25, 0.3) is 0 Å². The highest BCUT2D eigenvalue weighted by Gasteiger charge is 2.02. The number of carbonyl (C=O) groups excluding carboxylic acids is 1. The van der Waals surface area contributed by atoms with Gasteiger partial charge in [-0.25, -0.2) is 9.78 Å². The van der Waals surface area contributed by atoms with Crippen molar-refractivity contribution in [3.8, 4) is 0 Å². The van der Waals surface area contributed by atoms with Crippen LogP contribution in [-0.4, -0.2) is 22.5 Å². The molecule has 0 atom stereocenters. The van der Waals surface area contributed by atoms with Gasteiger partial charge in [-0.3, -0.25) is 10.3 Å². The summed E-state index contributed by atoms with van der Waals surface area (Å²) >= 11 is 0. The van der Waals surface area contributed by atoms with Crippen molar-refractivity contribution in [2.75, 3.05) is 11.9 Å². The Kier molecular flexibility index (Phi) is 4.44. The number of pyridine rings is 2. The minimum atomic E-state index is -0.256. The third kappa shape index (κ3) is 4.39. The molecule has 2 heterocycles. The van der Waals surface area contributed by atoms with E-state index in [1.54, 1.807) is 12.3 Å². The summed E-state index contributed by atoms with van der Waals surface area (Å²) in [5, 5.41) is 5.46. The second-order valence-corrected chi connectivity index (χ2v) is 4.12. The molecule has 0 saturated heterocycles. The molecule has 0 aliphatic rings. The summed E-state index contributed by atoms with van der Waals surface area (Å²) in [4.78, 5) is 20.0. The smallest absolute Gasteiger partial charge is 0.320 e. The number of anilines is 1. The molecular weight excluding hydrogens is 240 g/mol. The molecule has 98 valence electrons. The Balaban J connectivity index is 1.76. The lowest BCUT2D eigenvalue weighted by Crippen LogP contribution is -2.30. The third-order valence-electron chi connectivity index (χ3n) is 2.52. The van der Waals surface area contributed by atoms with Gasteiger partial charge >= 0.3 is 6.03 Å². The van der Waals surface area contributed by atoms with Crippen LogP contribution in [-0.2, 0) is 6.42 Å². The van der Waals surface area contributed by atoms with Crippen molar-refractivity contribution in [1.82, 2.24) is 15.3 Å². The number of hydrogen-bond donors (Lipinski definition) is 2. The van der Waals surface area contributed by atoms with Crippen LogP contribution < -0.4 is 10.6 Å². The number of urea groups is 1. The van der Waals surface area contributed by atoms with Crippen LogP contribution in [0, 0.1) is 6.92 Å². The predicted molar refractivity (Wildman–Crippen MR) is 73.9 cm³/mol. The van der Waals surface area contributed by atoms with Gasteiger partial charge in [0.2, 0.25) is 0 Å². The zero-order chi connectivity index (χ0) is 13.5. The summed E-state index contributed by atoms with van der Waals surface area (Å²) in [6, 6.07) is 11.0. The second kappa shape index (κ2) is 6.49. The molecule has 2 aromatic heterocycles. The van der Waals surface area contributed by atoms with E-state index >= 15 is 0 Å². The van der Waals surface area contributed by atoms with Crippen molar-refractivity contribution in [2.45, 2.75) is 13.3 Å². The van der Waals surface area contributed by atoms with Crippen molar-refractivity contribution in [3.05, 3.63) is 54.0 Å². The average Bonchev–Trinajstić information content (AvgIpc) is 2.40. The van der Waals surface area contributed by atoms with E-state index in [-0.39, 0.29) is 6.03 Å². The van der Waals surface area contributed by atoms with Gasteiger partial charge in [0.1, 0.15) is 5.82 Å². The summed E-state index contributed by atoms with van der Waals surface area (Å²) in [5.74, 6) is 0.551. The fourth-order valence-corrected chi connectivity index (χ4v) is 1.62. The second-order valence-electron chi connectivity index (χ2n) is 4.12. The van der Waals surface area contributed by atoms with E-state index in [1.807, 2.05) is 37.3 Å². The molecule has 5 heteroatoms. The molecule has 0 aliphatic heterocycles. The molecule has 0 aliphatic carbocycles. The maximum atomic E-state index is 11.6. The first-order valence-electron chi connectivity index (χ1n) is 6.12. The van der Waals surface area contributed by atoms with Gasteiger partial charge < -0.3 is 5.32 Å². The Bertz CT molecular complexity index is 542. The Hall–Kier alpha value is -2.43. The van der Waals surface area contributed by atoms with Crippen LogP contribution in [0.2, 0.25) is 0 Å². The van der Waals surface area contributed by atoms with Gasteiger partial charge in [0.05, 0.1) is 0 Å². The number of hydrogen-bond acceptors (Lipinski definition) is 3. The number of carbonyl (C=O) groups is 1. The standard InChI is InChI=1S/C14H16N4O/c1-11-5-4-7-13(17-11)18-14(19)16-10-8-12-6-2-3-9-15-12/h2-7,9H,8,10H2,1H3,(H2,16,17,18,19). The topological polar surface area (TPSA) is 66.9 Å². The van der Waals surface area contributed by atoms with Gasteiger partial charge in [-0.2, -0.15) is 0 Å². The molecule has 0 saturated carbocycles. The van der Waals surface area contributed by atoms with Crippen molar-refractivity contribution in [2.24, 2.45) is 0 Å². The minimum absolute atomic E-state index is 0.256. The van der Waals surface area contributed by atoms with Gasteiger partial charge in [0, 0.05) is 30.6 Å². The molecule has 0 fully saturated rings. The molecule has 19 heavy (non-hydrogen) atoms. The molecule has 2 amide bonds. The quantitative estimate of drug-likeness (QED) is 0.880. The molecule has 0 unspecified atom stereocenters. The van der Waals surface area contributed by atoms with E-state index in [2.05, 4.69) is 20.6 Å². The van der Waals surface area contributed by atoms with E-state index in [9.17, 15) is 4.79 Å². The lowest BCUT2D eigenvalue weighted by molar-refractivity contribution is 0.252. The number of nitrogens with zero attached hydrogens (tertiary/aromatic N) is 2. The highest BCUT2D eigenvalue weighted by Crippen LogP contribution is 2.03. The summed E-state index contributed by atoms with van der Waals surface area (Å²) < 4.78 is 0. The number of aromatic nitrogens is 2. The maximum absolute atomic E-state index is 11.6. The van der Waals surface area contributed by atoms with E-state index in [1.165, 1.54) is 0 Å². The van der Waals surface area contributed by atoms with Crippen molar-refractivity contribution in [1.29, 1.82) is 0 Å². The lowest BCUT2D eigenvalue weighted by Gasteiger charge is -2.07. The molecule has 0 spiro atoms. The summed E-state index contributed by atoms with van der Waals surface area (Å²) in [7, 11) is 0. The highest BCUT2D eigenvalue weighted by molar-refractivity contribution is 5.88. The van der Waals surface area contributed by atoms with Crippen molar-refractivity contribution < 1.29 is 4.79 Å². The average molecular weight is 256 g/mol. The largest absolute Gasteiger partial charge is 0.337 e. The van der Waals surface area contributed by atoms with Gasteiger partial charge in [-0.05, 0) is 31.2 Å². The molecular formula is C14H16N4O. The van der Waals surface area contributed by atoms with Crippen LogP contribution in [0.4, 0.5) is 10.6 Å². The van der Waals surface area contributed by atoms with E-state index < -0.39 is 0 Å². The van der Waals surface area contributed by atoms with Crippen molar-refractivity contribution >= 4 is 11.8 Å². The third-order valence-corrected chi connectivity index (χ3v) is 2.52. The summed E-state index contributed by atoms with van der Waals surface area (Å²) in [6.45, 7) is 2.42. The van der Waals surface area contributed by atoms with Crippen LogP contribution in [0.15, 0.2) is 42.6 Å². The molecule has 0 aromatic carbocycles. The first-order valence-corrected chi connectivity index (χ1v) is 6.12. The van der Waals surface area contributed by atoms with Gasteiger partial charge in [-0.15, -0.1) is 0 Å². The normalized spacial score (nSPS) is 9.95. The Morgan fingerprint density at radius 3 is 2.84 bits per heavy atom. The van der Waals surface area contributed by atoms with Crippen LogP contribution in [0.5, 0.6) is 0 Å².